The number of hydrogen-bond donors (Lipinski definition) is 3. The molecule has 202 valence electrons. The topological polar surface area (TPSA) is 145 Å². The Balaban J connectivity index is 1.69. The highest BCUT2D eigenvalue weighted by molar-refractivity contribution is 7.92. The lowest BCUT2D eigenvalue weighted by molar-refractivity contribution is -0.119. The normalized spacial score (nSPS) is 15.5. The maximum Gasteiger partial charge on any atom is 0.276 e. The zero-order valence-electron chi connectivity index (χ0n) is 20.9. The minimum atomic E-state index is -3.87. The Morgan fingerprint density at radius 1 is 1.05 bits per heavy atom. The lowest BCUT2D eigenvalue weighted by Crippen LogP contribution is -2.35. The number of ether oxygens (including phenoxy) is 2. The molecule has 1 atom stereocenters. The third-order valence-electron chi connectivity index (χ3n) is 6.22. The molecule has 0 aliphatic carbocycles. The Morgan fingerprint density at radius 3 is 2.46 bits per heavy atom. The van der Waals surface area contributed by atoms with Crippen LogP contribution in [0.1, 0.15) is 36.2 Å². The fraction of sp³-hybridized carbons (Fsp3) is 0.231. The number of fused-ring (bicyclic) bond motifs is 2. The molecular weight excluding hydrogens is 544 g/mol. The Morgan fingerprint density at radius 2 is 1.77 bits per heavy atom. The number of benzene rings is 2. The van der Waals surface area contributed by atoms with Gasteiger partial charge in [-0.25, -0.2) is 8.42 Å². The smallest absolute Gasteiger partial charge is 0.276 e. The van der Waals surface area contributed by atoms with Crippen LogP contribution in [-0.4, -0.2) is 42.7 Å². The van der Waals surface area contributed by atoms with Crippen LogP contribution in [0.25, 0.3) is 0 Å². The van der Waals surface area contributed by atoms with Gasteiger partial charge in [-0.3, -0.25) is 23.7 Å². The highest BCUT2D eigenvalue weighted by Crippen LogP contribution is 2.39. The van der Waals surface area contributed by atoms with E-state index >= 15 is 0 Å². The molecular formula is C26H24N4O7S2. The molecule has 39 heavy (non-hydrogen) atoms. The van der Waals surface area contributed by atoms with Crippen molar-refractivity contribution in [2.24, 2.45) is 0 Å². The summed E-state index contributed by atoms with van der Waals surface area (Å²) in [6.07, 6.45) is 1.00. The molecule has 3 aromatic rings. The quantitative estimate of drug-likeness (QED) is 0.369. The Labute approximate surface area is 229 Å². The van der Waals surface area contributed by atoms with E-state index in [2.05, 4.69) is 15.4 Å². The van der Waals surface area contributed by atoms with Gasteiger partial charge in [0.15, 0.2) is 11.5 Å². The standard InChI is InChI=1S/C26H24N4O7S2/c1-14(31)27-23-17(10-15-8-9-19-20(11-15)37-13-36-19)22(29-39(2,34)35)24-21(38)12-18(30(24)26(23)33)25(32)28-16-6-4-3-5-7-16/h3-9,11,18,29H,10,12-13H2,1-2H3,(H,27,31)(H,28,32)/t18-/m1/s1. The molecule has 0 fully saturated rings. The van der Waals surface area contributed by atoms with Crippen molar-refractivity contribution < 1.29 is 27.5 Å². The van der Waals surface area contributed by atoms with Gasteiger partial charge in [-0.2, -0.15) is 0 Å². The van der Waals surface area contributed by atoms with Gasteiger partial charge in [-0.1, -0.05) is 36.5 Å². The number of carbonyl (C=O) groups is 2. The third-order valence-corrected chi connectivity index (χ3v) is 7.15. The molecule has 0 bridgehead atoms. The highest BCUT2D eigenvalue weighted by atomic mass is 32.2. The Bertz CT molecular complexity index is 1680. The first-order chi connectivity index (χ1) is 18.5. The summed E-state index contributed by atoms with van der Waals surface area (Å²) in [6, 6.07) is 12.8. The molecule has 0 spiro atoms. The summed E-state index contributed by atoms with van der Waals surface area (Å²) >= 11 is 5.59. The number of hydrogen-bond acceptors (Lipinski definition) is 8. The van der Waals surface area contributed by atoms with Crippen LogP contribution in [0.15, 0.2) is 53.3 Å². The van der Waals surface area contributed by atoms with Crippen LogP contribution in [0, 0.1) is 0 Å². The Hall–Kier alpha value is -4.23. The van der Waals surface area contributed by atoms with Crippen molar-refractivity contribution in [2.45, 2.75) is 25.8 Å². The van der Waals surface area contributed by atoms with Crippen molar-refractivity contribution in [3.05, 3.63) is 75.7 Å². The SMILES string of the molecule is CC(=O)Nc1c(Cc2ccc3c(c2)OCO3)c(NS(C)(=O)=O)c2n(c1=O)[C@@H](C(=O)Nc1ccccc1)CC2=S. The summed E-state index contributed by atoms with van der Waals surface area (Å²) in [5.41, 5.74) is 0.689. The molecule has 13 heteroatoms. The fourth-order valence-corrected chi connectivity index (χ4v) is 5.61. The van der Waals surface area contributed by atoms with E-state index in [9.17, 15) is 22.8 Å². The van der Waals surface area contributed by atoms with Crippen molar-refractivity contribution in [1.29, 1.82) is 0 Å². The molecule has 0 saturated carbocycles. The molecule has 2 aliphatic heterocycles. The van der Waals surface area contributed by atoms with Gasteiger partial charge in [0.1, 0.15) is 11.7 Å². The molecule has 2 aliphatic rings. The van der Waals surface area contributed by atoms with E-state index in [0.717, 1.165) is 10.8 Å². The molecule has 2 amide bonds. The first kappa shape index (κ1) is 26.4. The van der Waals surface area contributed by atoms with E-state index in [1.54, 1.807) is 48.5 Å². The van der Waals surface area contributed by atoms with E-state index in [1.807, 2.05) is 0 Å². The number of aromatic nitrogens is 1. The van der Waals surface area contributed by atoms with Gasteiger partial charge in [0.05, 0.1) is 17.6 Å². The highest BCUT2D eigenvalue weighted by Gasteiger charge is 2.38. The first-order valence-electron chi connectivity index (χ1n) is 11.9. The minimum absolute atomic E-state index is 0.00529. The van der Waals surface area contributed by atoms with E-state index in [-0.39, 0.29) is 47.1 Å². The van der Waals surface area contributed by atoms with Crippen molar-refractivity contribution in [2.75, 3.05) is 28.4 Å². The lowest BCUT2D eigenvalue weighted by Gasteiger charge is -2.22. The summed E-state index contributed by atoms with van der Waals surface area (Å²) in [7, 11) is -3.87. The minimum Gasteiger partial charge on any atom is -0.454 e. The second kappa shape index (κ2) is 10.2. The molecule has 2 aromatic carbocycles. The Kier molecular flexibility index (Phi) is 6.87. The summed E-state index contributed by atoms with van der Waals surface area (Å²) in [5, 5.41) is 5.32. The maximum atomic E-state index is 13.9. The second-order valence-electron chi connectivity index (χ2n) is 9.17. The third kappa shape index (κ3) is 5.36. The molecule has 0 radical (unpaired) electrons. The second-order valence-corrected chi connectivity index (χ2v) is 11.4. The van der Waals surface area contributed by atoms with Crippen molar-refractivity contribution >= 4 is 56.0 Å². The average molecular weight is 569 g/mol. The van der Waals surface area contributed by atoms with E-state index in [1.165, 1.54) is 6.92 Å². The predicted molar refractivity (Wildman–Crippen MR) is 149 cm³/mol. The van der Waals surface area contributed by atoms with E-state index in [4.69, 9.17) is 21.7 Å². The fourth-order valence-electron chi connectivity index (χ4n) is 4.66. The van der Waals surface area contributed by atoms with Crippen LogP contribution in [0.3, 0.4) is 0 Å². The largest absolute Gasteiger partial charge is 0.454 e. The van der Waals surface area contributed by atoms with Crippen molar-refractivity contribution in [3.63, 3.8) is 0 Å². The van der Waals surface area contributed by atoms with Crippen LogP contribution < -0.4 is 30.4 Å². The number of carbonyl (C=O) groups excluding carboxylic acids is 2. The van der Waals surface area contributed by atoms with Crippen LogP contribution in [0.4, 0.5) is 17.1 Å². The molecule has 3 heterocycles. The monoisotopic (exact) mass is 568 g/mol. The summed E-state index contributed by atoms with van der Waals surface area (Å²) in [6.45, 7) is 1.30. The number of nitrogens with one attached hydrogen (secondary N) is 3. The van der Waals surface area contributed by atoms with E-state index < -0.39 is 33.4 Å². The van der Waals surface area contributed by atoms with Gasteiger partial charge >= 0.3 is 0 Å². The molecule has 0 saturated heterocycles. The predicted octanol–water partition coefficient (Wildman–Crippen LogP) is 2.80. The molecule has 1 aromatic heterocycles. The van der Waals surface area contributed by atoms with Crippen LogP contribution in [0.2, 0.25) is 0 Å². The lowest BCUT2D eigenvalue weighted by atomic mass is 10.00. The van der Waals surface area contributed by atoms with Gasteiger partial charge in [-0.15, -0.1) is 0 Å². The van der Waals surface area contributed by atoms with Crippen LogP contribution >= 0.6 is 12.2 Å². The number of para-hydroxylation sites is 1. The average Bonchev–Trinajstić information content (AvgIpc) is 3.47. The number of pyridine rings is 1. The van der Waals surface area contributed by atoms with Crippen LogP contribution in [0.5, 0.6) is 11.5 Å². The summed E-state index contributed by atoms with van der Waals surface area (Å²) < 4.78 is 39.4. The van der Waals surface area contributed by atoms with Gasteiger partial charge in [0, 0.05) is 35.9 Å². The number of amides is 2. The number of sulfonamides is 1. The summed E-state index contributed by atoms with van der Waals surface area (Å²) in [5.74, 6) is -0.00204. The number of anilines is 3. The molecule has 0 unspecified atom stereocenters. The number of nitrogens with zero attached hydrogens (tertiary/aromatic N) is 1. The first-order valence-corrected chi connectivity index (χ1v) is 14.2. The molecule has 5 rings (SSSR count). The summed E-state index contributed by atoms with van der Waals surface area (Å²) in [4.78, 5) is 39.7. The van der Waals surface area contributed by atoms with Gasteiger partial charge in [-0.05, 0) is 29.8 Å². The zero-order valence-corrected chi connectivity index (χ0v) is 22.6. The van der Waals surface area contributed by atoms with E-state index in [0.29, 0.717) is 22.7 Å². The maximum absolute atomic E-state index is 13.9. The van der Waals surface area contributed by atoms with Crippen molar-refractivity contribution in [3.8, 4) is 11.5 Å². The van der Waals surface area contributed by atoms with Crippen molar-refractivity contribution in [1.82, 2.24) is 4.57 Å². The molecule has 11 nitrogen and oxygen atoms in total. The van der Waals surface area contributed by atoms with Gasteiger partial charge < -0.3 is 20.1 Å². The van der Waals surface area contributed by atoms with Gasteiger partial charge in [0.25, 0.3) is 5.56 Å². The van der Waals surface area contributed by atoms with Gasteiger partial charge in [0.2, 0.25) is 28.6 Å². The number of rotatable bonds is 7. The molecule has 3 N–H and O–H groups in total. The number of thiocarbonyl (C=S) groups is 1. The van der Waals surface area contributed by atoms with Crippen LogP contribution in [-0.2, 0) is 26.0 Å². The zero-order chi connectivity index (χ0) is 27.9.